The summed E-state index contributed by atoms with van der Waals surface area (Å²) in [6.07, 6.45) is 0. The summed E-state index contributed by atoms with van der Waals surface area (Å²) in [7, 11) is -5.13. The molecule has 0 bridgehead atoms. The van der Waals surface area contributed by atoms with Crippen molar-refractivity contribution in [2.24, 2.45) is 0 Å². The highest BCUT2D eigenvalue weighted by atomic mass is 35.5. The number of hydrogen-bond donors (Lipinski definition) is 3. The lowest BCUT2D eigenvalue weighted by Gasteiger charge is -2.34. The lowest BCUT2D eigenvalue weighted by molar-refractivity contribution is 0.431. The Hall–Kier alpha value is -1.67. The molecule has 0 fully saturated rings. The van der Waals surface area contributed by atoms with Crippen LogP contribution in [0.5, 0.6) is 11.5 Å². The van der Waals surface area contributed by atoms with Gasteiger partial charge >= 0.3 is 0 Å². The quantitative estimate of drug-likeness (QED) is 0.239. The summed E-state index contributed by atoms with van der Waals surface area (Å²) >= 11 is 24.8. The van der Waals surface area contributed by atoms with Gasteiger partial charge in [-0.3, -0.25) is 4.55 Å². The van der Waals surface area contributed by atoms with E-state index in [1.807, 2.05) is 0 Å². The largest absolute Gasteiger partial charge is 0.506 e. The second-order valence-electron chi connectivity index (χ2n) is 6.04. The Balaban J connectivity index is 2.67. The van der Waals surface area contributed by atoms with E-state index in [-0.39, 0.29) is 31.8 Å². The first kappa shape index (κ1) is 22.0. The van der Waals surface area contributed by atoms with Crippen LogP contribution in [0.15, 0.2) is 54.6 Å². The van der Waals surface area contributed by atoms with Gasteiger partial charge < -0.3 is 10.2 Å². The maximum absolute atomic E-state index is 13.0. The standard InChI is InChI=1S/C19H12Cl4O5S/c20-12-7-8-13(21)16(22)15(12)19(29(26,27)28,10-4-2-1-3-5-10)11-6-9-14(24)17(23)18(11)25/h1-9,24-25H,(H,26,27,28). The van der Waals surface area contributed by atoms with Crippen LogP contribution in [0.25, 0.3) is 0 Å². The average Bonchev–Trinajstić information content (AvgIpc) is 2.67. The lowest BCUT2D eigenvalue weighted by atomic mass is 9.83. The monoisotopic (exact) mass is 492 g/mol. The van der Waals surface area contributed by atoms with Crippen molar-refractivity contribution in [3.63, 3.8) is 0 Å². The van der Waals surface area contributed by atoms with Gasteiger partial charge in [-0.05, 0) is 29.8 Å². The molecular formula is C19H12Cl4O5S. The van der Waals surface area contributed by atoms with Crippen molar-refractivity contribution in [3.05, 3.63) is 91.4 Å². The number of phenols is 2. The van der Waals surface area contributed by atoms with Crippen molar-refractivity contribution in [2.75, 3.05) is 0 Å². The molecule has 0 aliphatic rings. The minimum Gasteiger partial charge on any atom is -0.506 e. The lowest BCUT2D eigenvalue weighted by Crippen LogP contribution is -2.39. The molecule has 0 spiro atoms. The molecule has 1 unspecified atom stereocenters. The summed E-state index contributed by atoms with van der Waals surface area (Å²) in [5.74, 6) is -1.27. The fourth-order valence-corrected chi connectivity index (χ4v) is 5.65. The molecule has 0 aliphatic heterocycles. The van der Waals surface area contributed by atoms with E-state index in [2.05, 4.69) is 0 Å². The highest BCUT2D eigenvalue weighted by molar-refractivity contribution is 7.87. The minimum atomic E-state index is -5.13. The highest BCUT2D eigenvalue weighted by Gasteiger charge is 2.53. The highest BCUT2D eigenvalue weighted by Crippen LogP contribution is 2.54. The molecule has 3 rings (SSSR count). The Kier molecular flexibility index (Phi) is 5.98. The fraction of sp³-hybridized carbons (Fsp3) is 0.0526. The van der Waals surface area contributed by atoms with Gasteiger partial charge in [0.2, 0.25) is 0 Å². The Bertz CT molecular complexity index is 1200. The van der Waals surface area contributed by atoms with Crippen molar-refractivity contribution >= 4 is 56.5 Å². The van der Waals surface area contributed by atoms with E-state index in [1.165, 1.54) is 36.4 Å². The van der Waals surface area contributed by atoms with E-state index < -0.39 is 31.4 Å². The molecule has 0 amide bonds. The van der Waals surface area contributed by atoms with Crippen molar-refractivity contribution < 1.29 is 23.2 Å². The van der Waals surface area contributed by atoms with Gasteiger partial charge in [0, 0.05) is 16.1 Å². The zero-order chi connectivity index (χ0) is 21.6. The van der Waals surface area contributed by atoms with Gasteiger partial charge in [-0.2, -0.15) is 8.42 Å². The SMILES string of the molecule is O=S(=O)(O)C(c1ccccc1)(c1ccc(O)c(Cl)c1O)c1c(Cl)ccc(Cl)c1Cl. The van der Waals surface area contributed by atoms with Crippen molar-refractivity contribution in [3.8, 4) is 11.5 Å². The zero-order valence-electron chi connectivity index (χ0n) is 14.3. The molecule has 0 heterocycles. The molecule has 10 heteroatoms. The molecule has 1 atom stereocenters. The normalized spacial score (nSPS) is 13.8. The summed E-state index contributed by atoms with van der Waals surface area (Å²) in [4.78, 5) is 0. The van der Waals surface area contributed by atoms with E-state index in [0.29, 0.717) is 0 Å². The van der Waals surface area contributed by atoms with Gasteiger partial charge in [0.15, 0.2) is 4.75 Å². The molecule has 5 nitrogen and oxygen atoms in total. The van der Waals surface area contributed by atoms with Gasteiger partial charge in [0.05, 0.1) is 10.0 Å². The van der Waals surface area contributed by atoms with E-state index in [1.54, 1.807) is 6.07 Å². The summed E-state index contributed by atoms with van der Waals surface area (Å²) in [6.45, 7) is 0. The van der Waals surface area contributed by atoms with Crippen LogP contribution in [0.4, 0.5) is 0 Å². The van der Waals surface area contributed by atoms with Crippen LogP contribution in [0.3, 0.4) is 0 Å². The van der Waals surface area contributed by atoms with Crippen LogP contribution in [0.2, 0.25) is 20.1 Å². The van der Waals surface area contributed by atoms with Crippen LogP contribution in [0.1, 0.15) is 16.7 Å². The van der Waals surface area contributed by atoms with Gasteiger partial charge in [-0.1, -0.05) is 76.7 Å². The van der Waals surface area contributed by atoms with Crippen LogP contribution in [-0.2, 0) is 14.9 Å². The Morgan fingerprint density at radius 1 is 0.759 bits per heavy atom. The van der Waals surface area contributed by atoms with Crippen LogP contribution in [0, 0.1) is 0 Å². The third kappa shape index (κ3) is 3.44. The van der Waals surface area contributed by atoms with E-state index >= 15 is 0 Å². The fourth-order valence-electron chi connectivity index (χ4n) is 3.21. The predicted molar refractivity (Wildman–Crippen MR) is 114 cm³/mol. The van der Waals surface area contributed by atoms with Gasteiger partial charge in [0.1, 0.15) is 16.5 Å². The number of phenolic OH excluding ortho intramolecular Hbond substituents is 2. The molecular weight excluding hydrogens is 482 g/mol. The summed E-state index contributed by atoms with van der Waals surface area (Å²) in [5.41, 5.74) is -0.648. The summed E-state index contributed by atoms with van der Waals surface area (Å²) in [6, 6.07) is 12.3. The Morgan fingerprint density at radius 2 is 1.34 bits per heavy atom. The maximum Gasteiger partial charge on any atom is 0.283 e. The Morgan fingerprint density at radius 3 is 1.93 bits per heavy atom. The van der Waals surface area contributed by atoms with E-state index in [9.17, 15) is 23.2 Å². The molecule has 3 aromatic carbocycles. The summed E-state index contributed by atoms with van der Waals surface area (Å²) < 4.78 is 34.0. The number of rotatable bonds is 4. The average molecular weight is 494 g/mol. The van der Waals surface area contributed by atoms with Crippen molar-refractivity contribution in [1.29, 1.82) is 0 Å². The second kappa shape index (κ2) is 7.87. The van der Waals surface area contributed by atoms with Gasteiger partial charge in [-0.25, -0.2) is 0 Å². The van der Waals surface area contributed by atoms with E-state index in [4.69, 9.17) is 46.4 Å². The second-order valence-corrected chi connectivity index (χ2v) is 9.17. The minimum absolute atomic E-state index is 0.00521. The Labute approximate surface area is 186 Å². The third-order valence-corrected chi connectivity index (χ3v) is 7.36. The molecule has 3 N–H and O–H groups in total. The van der Waals surface area contributed by atoms with Gasteiger partial charge in [0.25, 0.3) is 10.1 Å². The number of aromatic hydroxyl groups is 2. The topological polar surface area (TPSA) is 94.8 Å². The molecule has 0 aliphatic carbocycles. The summed E-state index contributed by atoms with van der Waals surface area (Å²) in [5, 5.41) is 19.6. The smallest absolute Gasteiger partial charge is 0.283 e. The maximum atomic E-state index is 13.0. The van der Waals surface area contributed by atoms with Crippen molar-refractivity contribution in [1.82, 2.24) is 0 Å². The zero-order valence-corrected chi connectivity index (χ0v) is 18.1. The first-order valence-corrected chi connectivity index (χ1v) is 10.9. The first-order valence-electron chi connectivity index (χ1n) is 7.91. The molecule has 3 aromatic rings. The third-order valence-electron chi connectivity index (χ3n) is 4.44. The molecule has 0 saturated carbocycles. The molecule has 0 aromatic heterocycles. The van der Waals surface area contributed by atoms with E-state index in [0.717, 1.165) is 12.1 Å². The molecule has 0 saturated heterocycles. The van der Waals surface area contributed by atoms with Crippen LogP contribution in [-0.4, -0.2) is 23.2 Å². The molecule has 29 heavy (non-hydrogen) atoms. The molecule has 0 radical (unpaired) electrons. The van der Waals surface area contributed by atoms with Gasteiger partial charge in [-0.15, -0.1) is 0 Å². The van der Waals surface area contributed by atoms with Crippen molar-refractivity contribution in [2.45, 2.75) is 4.75 Å². The number of halogens is 4. The molecule has 152 valence electrons. The predicted octanol–water partition coefficient (Wildman–Crippen LogP) is 5.89. The number of hydrogen-bond acceptors (Lipinski definition) is 4. The number of benzene rings is 3. The first-order chi connectivity index (χ1) is 13.5. The van der Waals surface area contributed by atoms with Crippen LogP contribution < -0.4 is 0 Å². The van der Waals surface area contributed by atoms with Crippen LogP contribution >= 0.6 is 46.4 Å².